The smallest absolute Gasteiger partial charge is 0.242 e. The van der Waals surface area contributed by atoms with Crippen LogP contribution in [0.1, 0.15) is 62.7 Å². The van der Waals surface area contributed by atoms with Crippen LogP contribution in [0.3, 0.4) is 0 Å². The van der Waals surface area contributed by atoms with Crippen LogP contribution in [0.2, 0.25) is 0 Å². The summed E-state index contributed by atoms with van der Waals surface area (Å²) >= 11 is 0. The van der Waals surface area contributed by atoms with E-state index in [2.05, 4.69) is 20.7 Å². The van der Waals surface area contributed by atoms with Crippen LogP contribution in [0.15, 0.2) is 41.4 Å². The number of aromatic nitrogens is 1. The Bertz CT molecular complexity index is 1090. The molecule has 0 amide bonds. The van der Waals surface area contributed by atoms with E-state index < -0.39 is 10.0 Å². The summed E-state index contributed by atoms with van der Waals surface area (Å²) in [6.45, 7) is 3.56. The number of ether oxygens (including phenoxy) is 1. The van der Waals surface area contributed by atoms with Gasteiger partial charge < -0.3 is 9.64 Å². The maximum absolute atomic E-state index is 12.5. The lowest BCUT2D eigenvalue weighted by Gasteiger charge is -2.34. The Morgan fingerprint density at radius 2 is 1.97 bits per heavy atom. The molecule has 8 heteroatoms. The third-order valence-corrected chi connectivity index (χ3v) is 7.73. The van der Waals surface area contributed by atoms with E-state index in [0.717, 1.165) is 42.7 Å². The molecule has 164 valence electrons. The van der Waals surface area contributed by atoms with Crippen LogP contribution in [0.5, 0.6) is 5.75 Å². The lowest BCUT2D eigenvalue weighted by Crippen LogP contribution is -2.35. The van der Waals surface area contributed by atoms with Gasteiger partial charge in [0.05, 0.1) is 30.8 Å². The number of pyridine rings is 1. The maximum atomic E-state index is 12.5. The molecule has 1 fully saturated rings. The molecule has 0 radical (unpaired) electrons. The van der Waals surface area contributed by atoms with E-state index in [-0.39, 0.29) is 22.9 Å². The Hall–Kier alpha value is -2.63. The largest absolute Gasteiger partial charge is 0.497 e. The highest BCUT2D eigenvalue weighted by Crippen LogP contribution is 2.52. The van der Waals surface area contributed by atoms with Crippen LogP contribution in [0, 0.1) is 11.3 Å². The standard InChI is InChI=1S/C23H28N4O3S/c1-15(2)26-31(28,29)18-9-11-21(25-14-18)23-20(13-24)19-10-8-17(30-3)12-22(19)27(23)16-6-4-5-7-16/h8-12,14-16,20,23,26H,4-7H2,1-3H3. The Morgan fingerprint density at radius 3 is 2.55 bits per heavy atom. The molecule has 1 saturated carbocycles. The molecule has 31 heavy (non-hydrogen) atoms. The van der Waals surface area contributed by atoms with Crippen molar-refractivity contribution in [2.24, 2.45) is 0 Å². The van der Waals surface area contributed by atoms with Gasteiger partial charge in [-0.05, 0) is 50.5 Å². The SMILES string of the molecule is COc1ccc2c(c1)N(C1CCCC1)C(c1ccc(S(=O)(=O)NC(C)C)cn1)C2C#N. The van der Waals surface area contributed by atoms with Gasteiger partial charge in [0.15, 0.2) is 0 Å². The van der Waals surface area contributed by atoms with Crippen LogP contribution in [-0.2, 0) is 10.0 Å². The van der Waals surface area contributed by atoms with Gasteiger partial charge in [0.25, 0.3) is 0 Å². The first-order valence-electron chi connectivity index (χ1n) is 10.7. The van der Waals surface area contributed by atoms with Gasteiger partial charge in [-0.2, -0.15) is 5.26 Å². The fourth-order valence-corrected chi connectivity index (χ4v) is 5.98. The minimum Gasteiger partial charge on any atom is -0.497 e. The summed E-state index contributed by atoms with van der Waals surface area (Å²) in [7, 11) is -1.98. The van der Waals surface area contributed by atoms with E-state index in [0.29, 0.717) is 11.7 Å². The van der Waals surface area contributed by atoms with Crippen molar-refractivity contribution in [3.05, 3.63) is 47.8 Å². The number of benzene rings is 1. The summed E-state index contributed by atoms with van der Waals surface area (Å²) in [5, 5.41) is 10.1. The van der Waals surface area contributed by atoms with Crippen molar-refractivity contribution in [3.8, 4) is 11.8 Å². The van der Waals surface area contributed by atoms with Crippen molar-refractivity contribution in [3.63, 3.8) is 0 Å². The lowest BCUT2D eigenvalue weighted by atomic mass is 9.93. The summed E-state index contributed by atoms with van der Waals surface area (Å²) in [4.78, 5) is 6.99. The van der Waals surface area contributed by atoms with Gasteiger partial charge in [-0.15, -0.1) is 0 Å². The van der Waals surface area contributed by atoms with Gasteiger partial charge in [0.1, 0.15) is 10.6 Å². The molecule has 0 spiro atoms. The number of anilines is 1. The van der Waals surface area contributed by atoms with Crippen LogP contribution >= 0.6 is 0 Å². The first-order chi connectivity index (χ1) is 14.9. The topological polar surface area (TPSA) is 95.3 Å². The lowest BCUT2D eigenvalue weighted by molar-refractivity contribution is 0.414. The molecule has 0 saturated heterocycles. The number of sulfonamides is 1. The number of hydrogen-bond donors (Lipinski definition) is 1. The predicted octanol–water partition coefficient (Wildman–Crippen LogP) is 3.89. The summed E-state index contributed by atoms with van der Waals surface area (Å²) in [5.41, 5.74) is 2.69. The van der Waals surface area contributed by atoms with Gasteiger partial charge in [-0.25, -0.2) is 13.1 Å². The number of hydrogen-bond acceptors (Lipinski definition) is 6. The number of rotatable bonds is 6. The zero-order valence-corrected chi connectivity index (χ0v) is 18.9. The van der Waals surface area contributed by atoms with Gasteiger partial charge in [-0.1, -0.05) is 18.9 Å². The molecule has 2 aromatic rings. The van der Waals surface area contributed by atoms with Crippen molar-refractivity contribution < 1.29 is 13.2 Å². The Kier molecular flexibility index (Phi) is 5.91. The van der Waals surface area contributed by atoms with E-state index in [1.165, 1.54) is 6.20 Å². The quantitative estimate of drug-likeness (QED) is 0.732. The van der Waals surface area contributed by atoms with Crippen LogP contribution < -0.4 is 14.4 Å². The molecular weight excluding hydrogens is 412 g/mol. The molecule has 1 aliphatic heterocycles. The van der Waals surface area contributed by atoms with Gasteiger partial charge in [0, 0.05) is 30.0 Å². The molecule has 1 aromatic heterocycles. The van der Waals surface area contributed by atoms with E-state index in [1.807, 2.05) is 18.2 Å². The van der Waals surface area contributed by atoms with E-state index in [4.69, 9.17) is 4.74 Å². The summed E-state index contributed by atoms with van der Waals surface area (Å²) < 4.78 is 33.0. The normalized spacial score (nSPS) is 21.3. The zero-order chi connectivity index (χ0) is 22.2. The Balaban J connectivity index is 1.76. The van der Waals surface area contributed by atoms with Crippen molar-refractivity contribution in [1.29, 1.82) is 5.26 Å². The van der Waals surface area contributed by atoms with Crippen LogP contribution in [0.25, 0.3) is 0 Å². The molecule has 2 atom stereocenters. The molecule has 7 nitrogen and oxygen atoms in total. The van der Waals surface area contributed by atoms with Gasteiger partial charge in [-0.3, -0.25) is 4.98 Å². The minimum absolute atomic E-state index is 0.128. The van der Waals surface area contributed by atoms with Gasteiger partial charge >= 0.3 is 0 Å². The molecule has 0 bridgehead atoms. The van der Waals surface area contributed by atoms with Crippen molar-refractivity contribution >= 4 is 15.7 Å². The highest BCUT2D eigenvalue weighted by atomic mass is 32.2. The number of nitrogens with zero attached hydrogens (tertiary/aromatic N) is 3. The third kappa shape index (κ3) is 4.00. The fraction of sp³-hybridized carbons (Fsp3) is 0.478. The predicted molar refractivity (Wildman–Crippen MR) is 119 cm³/mol. The third-order valence-electron chi connectivity index (χ3n) is 6.09. The molecule has 2 aliphatic rings. The maximum Gasteiger partial charge on any atom is 0.242 e. The second-order valence-corrected chi connectivity index (χ2v) is 10.2. The van der Waals surface area contributed by atoms with Crippen LogP contribution in [-0.4, -0.2) is 32.6 Å². The van der Waals surface area contributed by atoms with Crippen LogP contribution in [0.4, 0.5) is 5.69 Å². The first kappa shape index (κ1) is 21.6. The molecule has 1 aromatic carbocycles. The van der Waals surface area contributed by atoms with Crippen molar-refractivity contribution in [1.82, 2.24) is 9.71 Å². The molecule has 2 unspecified atom stereocenters. The summed E-state index contributed by atoms with van der Waals surface area (Å²) in [6, 6.07) is 11.5. The Morgan fingerprint density at radius 1 is 1.23 bits per heavy atom. The van der Waals surface area contributed by atoms with Crippen molar-refractivity contribution in [2.75, 3.05) is 12.0 Å². The number of nitrogens with one attached hydrogen (secondary N) is 1. The summed E-state index contributed by atoms with van der Waals surface area (Å²) in [5.74, 6) is 0.374. The number of methoxy groups -OCH3 is 1. The second-order valence-electron chi connectivity index (χ2n) is 8.52. The average molecular weight is 441 g/mol. The zero-order valence-electron chi connectivity index (χ0n) is 18.1. The molecule has 2 heterocycles. The minimum atomic E-state index is -3.62. The molecular formula is C23H28N4O3S. The van der Waals surface area contributed by atoms with E-state index in [9.17, 15) is 13.7 Å². The average Bonchev–Trinajstić information content (AvgIpc) is 3.37. The first-order valence-corrected chi connectivity index (χ1v) is 12.2. The number of nitriles is 1. The second kappa shape index (κ2) is 8.48. The molecule has 1 aliphatic carbocycles. The highest BCUT2D eigenvalue weighted by Gasteiger charge is 2.44. The summed E-state index contributed by atoms with van der Waals surface area (Å²) in [6.07, 6.45) is 5.85. The molecule has 1 N–H and O–H groups in total. The van der Waals surface area contributed by atoms with E-state index in [1.54, 1.807) is 33.1 Å². The van der Waals surface area contributed by atoms with E-state index >= 15 is 0 Å². The monoisotopic (exact) mass is 440 g/mol. The van der Waals surface area contributed by atoms with Crippen molar-refractivity contribution in [2.45, 2.75) is 68.5 Å². The molecule has 4 rings (SSSR count). The van der Waals surface area contributed by atoms with Gasteiger partial charge in [0.2, 0.25) is 10.0 Å². The number of fused-ring (bicyclic) bond motifs is 1. The fourth-order valence-electron chi connectivity index (χ4n) is 4.78. The Labute approximate surface area is 184 Å². The highest BCUT2D eigenvalue weighted by molar-refractivity contribution is 7.89.